The van der Waals surface area contributed by atoms with Crippen molar-refractivity contribution in [1.29, 1.82) is 0 Å². The molecular weight excluding hydrogens is 226 g/mol. The molecule has 0 aliphatic rings. The minimum absolute atomic E-state index is 0. The number of rotatable bonds is 4. The molecule has 0 aliphatic carbocycles. The highest BCUT2D eigenvalue weighted by Crippen LogP contribution is 2.06. The van der Waals surface area contributed by atoms with Crippen LogP contribution in [0.2, 0.25) is 0 Å². The summed E-state index contributed by atoms with van der Waals surface area (Å²) in [6.07, 6.45) is 1.67. The van der Waals surface area contributed by atoms with Gasteiger partial charge in [0.1, 0.15) is 0 Å². The van der Waals surface area contributed by atoms with Crippen molar-refractivity contribution in [1.82, 2.24) is 10.2 Å². The Hall–Kier alpha value is -1.39. The highest BCUT2D eigenvalue weighted by atomic mass is 35.5. The van der Waals surface area contributed by atoms with E-state index in [-0.39, 0.29) is 12.4 Å². The Morgan fingerprint density at radius 1 is 1.00 bits per heavy atom. The van der Waals surface area contributed by atoms with Crippen LogP contribution in [0.3, 0.4) is 0 Å². The van der Waals surface area contributed by atoms with E-state index in [9.17, 15) is 0 Å². The van der Waals surface area contributed by atoms with Crippen LogP contribution in [-0.2, 0) is 19.4 Å². The van der Waals surface area contributed by atoms with Gasteiger partial charge in [-0.05, 0) is 12.0 Å². The molecule has 16 heavy (non-hydrogen) atoms. The number of hydrogen-bond donors (Lipinski definition) is 1. The summed E-state index contributed by atoms with van der Waals surface area (Å²) in [7, 11) is 0. The maximum Gasteiger partial charge on any atom is 0.230 e. The summed E-state index contributed by atoms with van der Waals surface area (Å²) in [5.74, 6) is 1.15. The summed E-state index contributed by atoms with van der Waals surface area (Å²) >= 11 is 0. The molecule has 2 aromatic rings. The van der Waals surface area contributed by atoms with E-state index in [1.165, 1.54) is 5.56 Å². The SMILES string of the molecule is Cl.NCc1nnc(CCc2ccccc2)o1. The van der Waals surface area contributed by atoms with Crippen molar-refractivity contribution >= 4 is 12.4 Å². The second kappa shape index (κ2) is 6.25. The average Bonchev–Trinajstić information content (AvgIpc) is 2.76. The van der Waals surface area contributed by atoms with E-state index < -0.39 is 0 Å². The van der Waals surface area contributed by atoms with E-state index in [2.05, 4.69) is 22.3 Å². The number of benzene rings is 1. The second-order valence-electron chi connectivity index (χ2n) is 3.28. The smallest absolute Gasteiger partial charge is 0.230 e. The second-order valence-corrected chi connectivity index (χ2v) is 3.28. The largest absolute Gasteiger partial charge is 0.424 e. The first-order chi connectivity index (χ1) is 7.38. The van der Waals surface area contributed by atoms with Gasteiger partial charge in [-0.25, -0.2) is 0 Å². The third-order valence-corrected chi connectivity index (χ3v) is 2.15. The van der Waals surface area contributed by atoms with Gasteiger partial charge in [0.05, 0.1) is 6.54 Å². The zero-order chi connectivity index (χ0) is 10.5. The molecule has 5 heteroatoms. The molecule has 0 saturated heterocycles. The summed E-state index contributed by atoms with van der Waals surface area (Å²) in [5, 5.41) is 7.71. The van der Waals surface area contributed by atoms with Gasteiger partial charge in [-0.2, -0.15) is 0 Å². The Labute approximate surface area is 100 Å². The molecule has 0 fully saturated rings. The molecule has 0 aliphatic heterocycles. The van der Waals surface area contributed by atoms with Gasteiger partial charge < -0.3 is 10.2 Å². The number of halogens is 1. The minimum Gasteiger partial charge on any atom is -0.424 e. The highest BCUT2D eigenvalue weighted by molar-refractivity contribution is 5.85. The maximum absolute atomic E-state index is 5.37. The van der Waals surface area contributed by atoms with Crippen LogP contribution in [0.15, 0.2) is 34.7 Å². The summed E-state index contributed by atoms with van der Waals surface area (Å²) in [5.41, 5.74) is 6.64. The Morgan fingerprint density at radius 3 is 2.31 bits per heavy atom. The number of nitrogens with zero attached hydrogens (tertiary/aromatic N) is 2. The van der Waals surface area contributed by atoms with Crippen molar-refractivity contribution in [2.75, 3.05) is 0 Å². The van der Waals surface area contributed by atoms with Gasteiger partial charge in [-0.15, -0.1) is 22.6 Å². The normalized spacial score (nSPS) is 9.81. The minimum atomic E-state index is 0. The van der Waals surface area contributed by atoms with Gasteiger partial charge in [0.2, 0.25) is 11.8 Å². The lowest BCUT2D eigenvalue weighted by Crippen LogP contribution is -1.95. The van der Waals surface area contributed by atoms with Crippen LogP contribution in [-0.4, -0.2) is 10.2 Å². The van der Waals surface area contributed by atoms with Gasteiger partial charge in [-0.1, -0.05) is 30.3 Å². The van der Waals surface area contributed by atoms with Crippen molar-refractivity contribution in [3.63, 3.8) is 0 Å². The number of aryl methyl sites for hydroxylation is 2. The van der Waals surface area contributed by atoms with Gasteiger partial charge in [0.25, 0.3) is 0 Å². The van der Waals surface area contributed by atoms with Gasteiger partial charge >= 0.3 is 0 Å². The van der Waals surface area contributed by atoms with Crippen molar-refractivity contribution in [2.45, 2.75) is 19.4 Å². The maximum atomic E-state index is 5.37. The van der Waals surface area contributed by atoms with E-state index in [4.69, 9.17) is 10.2 Å². The lowest BCUT2D eigenvalue weighted by molar-refractivity contribution is 0.450. The number of hydrogen-bond acceptors (Lipinski definition) is 4. The number of aromatic nitrogens is 2. The predicted molar refractivity (Wildman–Crippen MR) is 63.3 cm³/mol. The van der Waals surface area contributed by atoms with Crippen molar-refractivity contribution < 1.29 is 4.42 Å². The van der Waals surface area contributed by atoms with Crippen molar-refractivity contribution in [3.05, 3.63) is 47.7 Å². The Bertz CT molecular complexity index is 416. The fourth-order valence-corrected chi connectivity index (χ4v) is 1.37. The monoisotopic (exact) mass is 239 g/mol. The molecule has 0 spiro atoms. The van der Waals surface area contributed by atoms with Crippen LogP contribution < -0.4 is 5.73 Å². The Kier molecular flexibility index (Phi) is 4.95. The van der Waals surface area contributed by atoms with Crippen LogP contribution in [0, 0.1) is 0 Å². The number of nitrogens with two attached hydrogens (primary N) is 1. The Morgan fingerprint density at radius 2 is 1.69 bits per heavy atom. The molecule has 2 N–H and O–H groups in total. The quantitative estimate of drug-likeness (QED) is 0.883. The van der Waals surface area contributed by atoms with E-state index in [0.29, 0.717) is 18.3 Å². The van der Waals surface area contributed by atoms with Crippen LogP contribution in [0.25, 0.3) is 0 Å². The zero-order valence-electron chi connectivity index (χ0n) is 8.80. The molecule has 2 rings (SSSR count). The fraction of sp³-hybridized carbons (Fsp3) is 0.273. The third-order valence-electron chi connectivity index (χ3n) is 2.15. The molecule has 0 atom stereocenters. The molecule has 0 bridgehead atoms. The topological polar surface area (TPSA) is 64.9 Å². The van der Waals surface area contributed by atoms with Crippen molar-refractivity contribution in [2.24, 2.45) is 5.73 Å². The summed E-state index contributed by atoms with van der Waals surface area (Å²) in [6, 6.07) is 10.2. The predicted octanol–water partition coefficient (Wildman–Crippen LogP) is 1.74. The van der Waals surface area contributed by atoms with Crippen LogP contribution in [0.4, 0.5) is 0 Å². The van der Waals surface area contributed by atoms with Gasteiger partial charge in [0, 0.05) is 6.42 Å². The third kappa shape index (κ3) is 3.32. The summed E-state index contributed by atoms with van der Waals surface area (Å²) in [6.45, 7) is 0.304. The van der Waals surface area contributed by atoms with E-state index in [1.54, 1.807) is 0 Å². The van der Waals surface area contributed by atoms with Gasteiger partial charge in [0.15, 0.2) is 0 Å². The highest BCUT2D eigenvalue weighted by Gasteiger charge is 2.03. The first-order valence-corrected chi connectivity index (χ1v) is 4.94. The lowest BCUT2D eigenvalue weighted by Gasteiger charge is -1.96. The van der Waals surface area contributed by atoms with E-state index in [0.717, 1.165) is 12.8 Å². The first kappa shape index (κ1) is 12.7. The molecule has 1 aromatic carbocycles. The molecule has 1 heterocycles. The van der Waals surface area contributed by atoms with Crippen molar-refractivity contribution in [3.8, 4) is 0 Å². The van der Waals surface area contributed by atoms with E-state index in [1.807, 2.05) is 18.2 Å². The van der Waals surface area contributed by atoms with E-state index >= 15 is 0 Å². The zero-order valence-corrected chi connectivity index (χ0v) is 9.61. The van der Waals surface area contributed by atoms with Crippen LogP contribution >= 0.6 is 12.4 Å². The molecule has 1 aromatic heterocycles. The fourth-order valence-electron chi connectivity index (χ4n) is 1.37. The lowest BCUT2D eigenvalue weighted by atomic mass is 10.1. The Balaban J connectivity index is 0.00000128. The van der Waals surface area contributed by atoms with Crippen LogP contribution in [0.5, 0.6) is 0 Å². The molecule has 0 saturated carbocycles. The molecule has 0 unspecified atom stereocenters. The summed E-state index contributed by atoms with van der Waals surface area (Å²) < 4.78 is 5.31. The first-order valence-electron chi connectivity index (χ1n) is 4.94. The molecular formula is C11H14ClN3O. The van der Waals surface area contributed by atoms with Gasteiger partial charge in [-0.3, -0.25) is 0 Å². The molecule has 4 nitrogen and oxygen atoms in total. The van der Waals surface area contributed by atoms with Crippen LogP contribution in [0.1, 0.15) is 17.3 Å². The summed E-state index contributed by atoms with van der Waals surface area (Å²) in [4.78, 5) is 0. The molecule has 0 amide bonds. The molecule has 0 radical (unpaired) electrons. The molecule has 86 valence electrons. The average molecular weight is 240 g/mol. The standard InChI is InChI=1S/C11H13N3O.ClH/c12-8-11-14-13-10(15-11)7-6-9-4-2-1-3-5-9;/h1-5H,6-8,12H2;1H.